The summed E-state index contributed by atoms with van der Waals surface area (Å²) in [4.78, 5) is 76.4. The van der Waals surface area contributed by atoms with E-state index in [1.165, 1.54) is 79.3 Å². The van der Waals surface area contributed by atoms with Gasteiger partial charge in [0.2, 0.25) is 11.5 Å². The summed E-state index contributed by atoms with van der Waals surface area (Å²) in [5.74, 6) is -0.575. The van der Waals surface area contributed by atoms with Crippen molar-refractivity contribution in [2.75, 3.05) is 47.1 Å². The summed E-state index contributed by atoms with van der Waals surface area (Å²) in [5.41, 5.74) is 25.6. The third kappa shape index (κ3) is 21.0. The first-order valence-electron chi connectivity index (χ1n) is 37.8. The lowest BCUT2D eigenvalue weighted by Crippen LogP contribution is -3.00. The van der Waals surface area contributed by atoms with Crippen LogP contribution in [-0.4, -0.2) is 140 Å². The third-order valence-corrected chi connectivity index (χ3v) is 25.2. The number of hydrogen-bond acceptors (Lipinski definition) is 23. The smallest absolute Gasteiger partial charge is 0.385 e. The average Bonchev–Trinajstić information content (AvgIpc) is 1.63. The Morgan fingerprint density at radius 2 is 0.983 bits per heavy atom. The molecule has 0 aliphatic heterocycles. The molecule has 1 atom stereocenters. The lowest BCUT2D eigenvalue weighted by Gasteiger charge is -2.10. The van der Waals surface area contributed by atoms with Crippen molar-refractivity contribution in [3.8, 4) is 0 Å². The number of aryl methyl sites for hydroxylation is 8. The van der Waals surface area contributed by atoms with Gasteiger partial charge in [0.1, 0.15) is 11.2 Å². The van der Waals surface area contributed by atoms with Gasteiger partial charge < -0.3 is 52.2 Å². The maximum atomic E-state index is 11.8. The highest BCUT2D eigenvalue weighted by Gasteiger charge is 2.24. The molecular weight excluding hydrogens is 1700 g/mol. The second-order valence-electron chi connectivity index (χ2n) is 28.2. The highest BCUT2D eigenvalue weighted by Crippen LogP contribution is 2.35. The van der Waals surface area contributed by atoms with Crippen molar-refractivity contribution in [1.29, 1.82) is 0 Å². The fourth-order valence-corrected chi connectivity index (χ4v) is 20.0. The predicted octanol–water partition coefficient (Wildman–Crippen LogP) is 16.9. The normalized spacial score (nSPS) is 11.5. The lowest BCUT2D eigenvalue weighted by molar-refractivity contribution is -0.643. The van der Waals surface area contributed by atoms with Crippen molar-refractivity contribution >= 4 is 217 Å². The number of benzene rings is 8. The van der Waals surface area contributed by atoms with Crippen molar-refractivity contribution in [3.05, 3.63) is 250 Å². The van der Waals surface area contributed by atoms with E-state index in [-0.39, 0.29) is 42.1 Å². The monoisotopic (exact) mass is 1780 g/mol. The number of aldehydes is 1. The van der Waals surface area contributed by atoms with Crippen molar-refractivity contribution in [3.63, 3.8) is 0 Å². The van der Waals surface area contributed by atoms with Gasteiger partial charge in [0.15, 0.2) is 43.5 Å². The summed E-state index contributed by atoms with van der Waals surface area (Å²) in [5, 5.41) is 22.1. The topological polar surface area (TPSA) is 266 Å². The van der Waals surface area contributed by atoms with Crippen LogP contribution in [0.4, 0.5) is 15.4 Å². The number of thiazole rings is 7. The quantitative estimate of drug-likeness (QED) is 0.0283. The van der Waals surface area contributed by atoms with E-state index in [1.54, 1.807) is 112 Å². The molecule has 1 unspecified atom stereocenters. The molecule has 11 aromatic heterocycles. The molecule has 19 rings (SSSR count). The molecule has 19 aromatic rings. The van der Waals surface area contributed by atoms with E-state index in [0.717, 1.165) is 102 Å². The van der Waals surface area contributed by atoms with Gasteiger partial charge in [0, 0.05) is 28.2 Å². The molecule has 0 fully saturated rings. The number of aliphatic imine (C=N–C) groups is 2. The van der Waals surface area contributed by atoms with Crippen molar-refractivity contribution < 1.29 is 55.6 Å². The van der Waals surface area contributed by atoms with Gasteiger partial charge in [-0.3, -0.25) is 22.4 Å². The number of nitrogen functional groups attached to an aromatic ring is 1. The minimum atomic E-state index is -0.510. The molecule has 0 aliphatic carbocycles. The molecule has 4 N–H and O–H groups in total. The number of rotatable bonds is 15. The molecule has 0 saturated heterocycles. The summed E-state index contributed by atoms with van der Waals surface area (Å²) < 4.78 is 28.1. The highest BCUT2D eigenvalue weighted by atomic mass is 79.9. The number of esters is 2. The maximum absolute atomic E-state index is 11.8. The first-order chi connectivity index (χ1) is 56.9. The Hall–Kier alpha value is -11.1. The number of carbonyl (C=O) groups is 3. The number of carbonyl (C=O) groups excluding carboxylic acids is 3. The van der Waals surface area contributed by atoms with Crippen LogP contribution < -0.4 is 27.3 Å². The first kappa shape index (κ1) is 87.2. The largest absolute Gasteiger partial charge is 1.00 e. The molecule has 119 heavy (non-hydrogen) atoms. The molecular formula is C88H89BrN16O7S7. The number of aliphatic hydroxyl groups is 2. The summed E-state index contributed by atoms with van der Waals surface area (Å²) in [7, 11) is 7.72. The Balaban J connectivity index is 0.000000129. The number of halogens is 1. The molecule has 0 saturated carbocycles. The fraction of sp³-hybridized carbons (Fsp3) is 0.227. The van der Waals surface area contributed by atoms with Crippen LogP contribution >= 0.6 is 79.4 Å². The Kier molecular flexibility index (Phi) is 29.1. The molecule has 0 bridgehead atoms. The minimum absolute atomic E-state index is 0. The SMILES string of the molecule is CCOC(=O)C[n+]1c(N=CN(C)C)sc2cc(C)ccc21.CCOC(=O)c1cnc2sc3cc(C)ccc3n12.Cc1ccc2c(c1)sc1ncc(C(O)CCc3ccccc3)n12.Cc1ccc2c(c1)sc1ncc(C=O)n12.Cc1ccc2c(c1)sc1ncc(CO)n12.Cc1ccc2nc(N)sc2c1.Cc1ccc2nc(N=CN(C)C)sc2c1.[Br-]. The van der Waals surface area contributed by atoms with Crippen molar-refractivity contribution in [2.45, 2.75) is 94.4 Å². The van der Waals surface area contributed by atoms with E-state index >= 15 is 0 Å². The molecule has 0 radical (unpaired) electrons. The van der Waals surface area contributed by atoms with Crippen molar-refractivity contribution in [2.24, 2.45) is 9.98 Å². The van der Waals surface area contributed by atoms with Gasteiger partial charge in [-0.25, -0.2) is 49.1 Å². The Bertz CT molecular complexity index is 6840. The van der Waals surface area contributed by atoms with E-state index in [4.69, 9.17) is 15.2 Å². The van der Waals surface area contributed by atoms with E-state index < -0.39 is 6.10 Å². The van der Waals surface area contributed by atoms with E-state index in [0.29, 0.717) is 36.2 Å². The summed E-state index contributed by atoms with van der Waals surface area (Å²) in [6.45, 7) is 19.0. The van der Waals surface area contributed by atoms with E-state index in [2.05, 4.69) is 171 Å². The minimum Gasteiger partial charge on any atom is -1.00 e. The lowest BCUT2D eigenvalue weighted by atomic mass is 10.1. The van der Waals surface area contributed by atoms with Gasteiger partial charge in [-0.05, 0) is 221 Å². The standard InChI is InChI=1S/C19H18N2OS.C15H20N3O2S.C13H12N2O2S.C11H13N3S.C11H10N2OS.C11H8N2OS.C8H8N2S.BrH/c1-13-7-9-15-18(11-13)23-19-20-12-16(21(15)19)17(22)10-8-14-5-3-2-4-6-14;1-5-20-14(19)9-18-12-7-6-11(2)8-13(12)21-15(18)16-10-17(3)4;1-3-17-12(16)10-7-14-13-15(10)9-5-4-8(2)6-11(9)18-13;1-8-4-5-9-10(6-8)15-11(13-9)12-7-14(2)3;2*1-7-2-3-9-10(4-7)15-11-12-5-8(6-14)13(9)11;1-5-2-3-6-7(4-5)11-8(9)10-6;/h2-7,9,11-12,17,22H,8,10H2,1H3;6-8,10H,5,9H2,1-4H3;4-7H,3H2,1-2H3;4-7H,1-3H3;2-5,14H,6H2,1H3;2-6H,1H3;2-4H,1H3,(H2,9,10);1H/q;+1;;;;;;/p-1. The second kappa shape index (κ2) is 39.6. The zero-order valence-electron chi connectivity index (χ0n) is 67.8. The number of ether oxygens (including phenoxy) is 2. The van der Waals surface area contributed by atoms with Crippen LogP contribution in [0.5, 0.6) is 0 Å². The number of aliphatic hydroxyl groups excluding tert-OH is 2. The second-order valence-corrected chi connectivity index (χ2v) is 35.3. The average molecular weight is 1790 g/mol. The fourth-order valence-electron chi connectivity index (χ4n) is 12.7. The van der Waals surface area contributed by atoms with Gasteiger partial charge >= 0.3 is 17.1 Å². The molecule has 8 aromatic carbocycles. The van der Waals surface area contributed by atoms with Gasteiger partial charge in [0.05, 0.1) is 134 Å². The number of imidazole rings is 4. The van der Waals surface area contributed by atoms with Crippen LogP contribution in [0.25, 0.3) is 91.4 Å². The molecule has 0 amide bonds. The van der Waals surface area contributed by atoms with Crippen LogP contribution in [0.2, 0.25) is 0 Å². The van der Waals surface area contributed by atoms with Gasteiger partial charge in [-0.15, -0.1) is 0 Å². The van der Waals surface area contributed by atoms with Crippen molar-refractivity contribution in [1.82, 2.24) is 57.3 Å². The first-order valence-corrected chi connectivity index (χ1v) is 43.5. The van der Waals surface area contributed by atoms with Crippen LogP contribution in [-0.2, 0) is 33.8 Å². The van der Waals surface area contributed by atoms with Crippen LogP contribution in [0, 0.1) is 48.5 Å². The molecule has 0 spiro atoms. The molecule has 23 nitrogen and oxygen atoms in total. The number of fused-ring (bicyclic) bond motifs is 15. The molecule has 612 valence electrons. The Labute approximate surface area is 725 Å². The van der Waals surface area contributed by atoms with Crippen LogP contribution in [0.1, 0.15) is 103 Å². The Morgan fingerprint density at radius 3 is 1.55 bits per heavy atom. The van der Waals surface area contributed by atoms with Gasteiger partial charge in [-0.2, -0.15) is 0 Å². The summed E-state index contributed by atoms with van der Waals surface area (Å²) >= 11 is 11.2. The summed E-state index contributed by atoms with van der Waals surface area (Å²) in [6.07, 6.45) is 12.1. The molecule has 31 heteroatoms. The number of nitrogens with two attached hydrogens (primary N) is 1. The maximum Gasteiger partial charge on any atom is 0.385 e. The zero-order chi connectivity index (χ0) is 83.4. The number of aromatic nitrogens is 11. The third-order valence-electron chi connectivity index (χ3n) is 18.3. The van der Waals surface area contributed by atoms with Gasteiger partial charge in [-0.1, -0.05) is 141 Å². The number of anilines is 1. The van der Waals surface area contributed by atoms with Crippen LogP contribution in [0.3, 0.4) is 0 Å². The Morgan fingerprint density at radius 1 is 0.521 bits per heavy atom. The number of nitrogens with zero attached hydrogens (tertiary/aromatic N) is 15. The van der Waals surface area contributed by atoms with E-state index in [9.17, 15) is 24.6 Å². The van der Waals surface area contributed by atoms with Crippen LogP contribution in [0.15, 0.2) is 192 Å². The summed E-state index contributed by atoms with van der Waals surface area (Å²) in [6, 6.07) is 53.9. The molecule has 11 heterocycles. The zero-order valence-corrected chi connectivity index (χ0v) is 75.1. The highest BCUT2D eigenvalue weighted by molar-refractivity contribution is 7.25. The number of hydrogen-bond donors (Lipinski definition) is 3. The predicted molar refractivity (Wildman–Crippen MR) is 488 cm³/mol. The van der Waals surface area contributed by atoms with Gasteiger partial charge in [0.25, 0.3) is 0 Å². The molecule has 0 aliphatic rings. The van der Waals surface area contributed by atoms with E-state index in [1.807, 2.05) is 142 Å².